The average Bonchev–Trinajstić information content (AvgIpc) is 2.73. The first-order valence-electron chi connectivity index (χ1n) is 9.49. The summed E-state index contributed by atoms with van der Waals surface area (Å²) in [6.07, 6.45) is 0.651. The predicted octanol–water partition coefficient (Wildman–Crippen LogP) is 1.54. The highest BCUT2D eigenvalue weighted by molar-refractivity contribution is 5.95. The number of carbonyl (C=O) groups excluding carboxylic acids is 2. The lowest BCUT2D eigenvalue weighted by Gasteiger charge is -2.26. The molecule has 8 heteroatoms. The first-order chi connectivity index (χ1) is 14.0. The SMILES string of the molecule is CC(=O)O[C@@H](c1ccccc1)c1cc(OCCN2CCOCC2)c(C(N)=O)cn1. The fourth-order valence-corrected chi connectivity index (χ4v) is 3.10. The third-order valence-electron chi connectivity index (χ3n) is 4.58. The summed E-state index contributed by atoms with van der Waals surface area (Å²) in [5.74, 6) is -0.743. The van der Waals surface area contributed by atoms with Crippen molar-refractivity contribution < 1.29 is 23.8 Å². The van der Waals surface area contributed by atoms with Gasteiger partial charge < -0.3 is 19.9 Å². The summed E-state index contributed by atoms with van der Waals surface area (Å²) in [5.41, 5.74) is 6.88. The molecule has 1 aliphatic rings. The number of carbonyl (C=O) groups is 2. The van der Waals surface area contributed by atoms with Crippen molar-refractivity contribution in [3.63, 3.8) is 0 Å². The van der Waals surface area contributed by atoms with Gasteiger partial charge in [-0.1, -0.05) is 30.3 Å². The number of amides is 1. The van der Waals surface area contributed by atoms with Gasteiger partial charge in [0.1, 0.15) is 12.4 Å². The van der Waals surface area contributed by atoms with Crippen LogP contribution in [0.5, 0.6) is 5.75 Å². The number of pyridine rings is 1. The van der Waals surface area contributed by atoms with E-state index < -0.39 is 18.0 Å². The summed E-state index contributed by atoms with van der Waals surface area (Å²) >= 11 is 0. The van der Waals surface area contributed by atoms with Crippen LogP contribution in [0.15, 0.2) is 42.6 Å². The van der Waals surface area contributed by atoms with Crippen LogP contribution in [0.4, 0.5) is 0 Å². The highest BCUT2D eigenvalue weighted by Gasteiger charge is 2.22. The molecule has 154 valence electrons. The number of nitrogens with two attached hydrogens (primary N) is 1. The molecule has 1 aromatic carbocycles. The number of morpholine rings is 1. The van der Waals surface area contributed by atoms with E-state index in [4.69, 9.17) is 19.9 Å². The Balaban J connectivity index is 1.81. The number of esters is 1. The van der Waals surface area contributed by atoms with E-state index in [2.05, 4.69) is 9.88 Å². The van der Waals surface area contributed by atoms with Crippen LogP contribution < -0.4 is 10.5 Å². The normalized spacial score (nSPS) is 15.5. The fourth-order valence-electron chi connectivity index (χ4n) is 3.10. The monoisotopic (exact) mass is 399 g/mol. The van der Waals surface area contributed by atoms with Crippen molar-refractivity contribution in [3.8, 4) is 5.75 Å². The van der Waals surface area contributed by atoms with E-state index in [9.17, 15) is 9.59 Å². The lowest BCUT2D eigenvalue weighted by Crippen LogP contribution is -2.38. The second kappa shape index (κ2) is 9.99. The zero-order valence-corrected chi connectivity index (χ0v) is 16.4. The van der Waals surface area contributed by atoms with Crippen molar-refractivity contribution in [2.45, 2.75) is 13.0 Å². The van der Waals surface area contributed by atoms with Crippen molar-refractivity contribution in [1.82, 2.24) is 9.88 Å². The molecule has 8 nitrogen and oxygen atoms in total. The van der Waals surface area contributed by atoms with Crippen LogP contribution in [0.1, 0.15) is 34.6 Å². The molecule has 3 rings (SSSR count). The quantitative estimate of drug-likeness (QED) is 0.672. The molecule has 29 heavy (non-hydrogen) atoms. The summed E-state index contributed by atoms with van der Waals surface area (Å²) in [6, 6.07) is 10.9. The van der Waals surface area contributed by atoms with Gasteiger partial charge in [-0.2, -0.15) is 0 Å². The van der Waals surface area contributed by atoms with Gasteiger partial charge in [-0.25, -0.2) is 0 Å². The number of rotatable bonds is 8. The first-order valence-corrected chi connectivity index (χ1v) is 9.49. The molecular weight excluding hydrogens is 374 g/mol. The molecular formula is C21H25N3O5. The summed E-state index contributed by atoms with van der Waals surface area (Å²) in [5, 5.41) is 0. The van der Waals surface area contributed by atoms with Gasteiger partial charge in [-0.15, -0.1) is 0 Å². The van der Waals surface area contributed by atoms with Crippen LogP contribution in [-0.2, 0) is 14.3 Å². The van der Waals surface area contributed by atoms with Gasteiger partial charge in [0, 0.05) is 38.8 Å². The van der Waals surface area contributed by atoms with Crippen LogP contribution in [0.2, 0.25) is 0 Å². The zero-order valence-electron chi connectivity index (χ0n) is 16.4. The van der Waals surface area contributed by atoms with Crippen LogP contribution in [0, 0.1) is 0 Å². The Labute approximate surface area is 169 Å². The molecule has 0 radical (unpaired) electrons. The molecule has 1 saturated heterocycles. The van der Waals surface area contributed by atoms with Crippen molar-refractivity contribution >= 4 is 11.9 Å². The molecule has 1 aromatic heterocycles. The summed E-state index contributed by atoms with van der Waals surface area (Å²) < 4.78 is 16.7. The van der Waals surface area contributed by atoms with Gasteiger partial charge in [-0.3, -0.25) is 19.5 Å². The Bertz CT molecular complexity index is 837. The van der Waals surface area contributed by atoms with E-state index in [0.717, 1.165) is 18.7 Å². The Kier molecular flexibility index (Phi) is 7.15. The molecule has 2 heterocycles. The lowest BCUT2D eigenvalue weighted by molar-refractivity contribution is -0.144. The minimum absolute atomic E-state index is 0.186. The Morgan fingerprint density at radius 3 is 2.62 bits per heavy atom. The number of hydrogen-bond donors (Lipinski definition) is 1. The summed E-state index contributed by atoms with van der Waals surface area (Å²) in [7, 11) is 0. The second-order valence-corrected chi connectivity index (χ2v) is 6.67. The predicted molar refractivity (Wildman–Crippen MR) is 106 cm³/mol. The van der Waals surface area contributed by atoms with E-state index in [-0.39, 0.29) is 5.56 Å². The molecule has 0 unspecified atom stereocenters. The number of aromatic nitrogens is 1. The minimum atomic E-state index is -0.711. The molecule has 1 atom stereocenters. The molecule has 0 bridgehead atoms. The minimum Gasteiger partial charge on any atom is -0.491 e. The summed E-state index contributed by atoms with van der Waals surface area (Å²) in [6.45, 7) is 5.51. The highest BCUT2D eigenvalue weighted by atomic mass is 16.5. The van der Waals surface area contributed by atoms with E-state index in [1.807, 2.05) is 30.3 Å². The van der Waals surface area contributed by atoms with Gasteiger partial charge in [0.2, 0.25) is 0 Å². The molecule has 1 fully saturated rings. The maximum atomic E-state index is 11.8. The Morgan fingerprint density at radius 2 is 1.97 bits per heavy atom. The maximum Gasteiger partial charge on any atom is 0.303 e. The third-order valence-corrected chi connectivity index (χ3v) is 4.58. The fraction of sp³-hybridized carbons (Fsp3) is 0.381. The average molecular weight is 399 g/mol. The smallest absolute Gasteiger partial charge is 0.303 e. The third kappa shape index (κ3) is 5.75. The number of primary amides is 1. The standard InChI is InChI=1S/C21H25N3O5/c1-15(25)29-20(16-5-3-2-4-6-16)18-13-19(17(14-23-18)21(22)26)28-12-9-24-7-10-27-11-8-24/h2-6,13-14,20H,7-12H2,1H3,(H2,22,26)/t20-/m0/s1. The highest BCUT2D eigenvalue weighted by Crippen LogP contribution is 2.29. The summed E-state index contributed by atoms with van der Waals surface area (Å²) in [4.78, 5) is 30.0. The number of hydrogen-bond acceptors (Lipinski definition) is 7. The Hall–Kier alpha value is -2.97. The van der Waals surface area contributed by atoms with Gasteiger partial charge in [-0.05, 0) is 5.56 Å². The van der Waals surface area contributed by atoms with Gasteiger partial charge in [0.15, 0.2) is 6.10 Å². The molecule has 0 spiro atoms. The van der Waals surface area contributed by atoms with Crippen molar-refractivity contribution in [2.75, 3.05) is 39.5 Å². The van der Waals surface area contributed by atoms with Crippen LogP contribution >= 0.6 is 0 Å². The molecule has 2 N–H and O–H groups in total. The van der Waals surface area contributed by atoms with Crippen molar-refractivity contribution in [3.05, 3.63) is 59.4 Å². The van der Waals surface area contributed by atoms with E-state index >= 15 is 0 Å². The number of nitrogens with zero attached hydrogens (tertiary/aromatic N) is 2. The van der Waals surface area contributed by atoms with Gasteiger partial charge >= 0.3 is 5.97 Å². The van der Waals surface area contributed by atoms with E-state index in [1.165, 1.54) is 13.1 Å². The number of benzene rings is 1. The molecule has 0 saturated carbocycles. The maximum absolute atomic E-state index is 11.8. The molecule has 2 aromatic rings. The Morgan fingerprint density at radius 1 is 1.24 bits per heavy atom. The van der Waals surface area contributed by atoms with Crippen molar-refractivity contribution in [2.24, 2.45) is 5.73 Å². The van der Waals surface area contributed by atoms with E-state index in [0.29, 0.717) is 37.8 Å². The molecule has 1 aliphatic heterocycles. The largest absolute Gasteiger partial charge is 0.491 e. The zero-order chi connectivity index (χ0) is 20.6. The molecule has 1 amide bonds. The topological polar surface area (TPSA) is 104 Å². The van der Waals surface area contributed by atoms with E-state index in [1.54, 1.807) is 6.07 Å². The van der Waals surface area contributed by atoms with Crippen LogP contribution in [0.25, 0.3) is 0 Å². The first kappa shape index (κ1) is 20.8. The van der Waals surface area contributed by atoms with Gasteiger partial charge in [0.25, 0.3) is 5.91 Å². The van der Waals surface area contributed by atoms with Crippen LogP contribution in [-0.4, -0.2) is 61.2 Å². The van der Waals surface area contributed by atoms with Gasteiger partial charge in [0.05, 0.1) is 24.5 Å². The van der Waals surface area contributed by atoms with Crippen LogP contribution in [0.3, 0.4) is 0 Å². The lowest BCUT2D eigenvalue weighted by atomic mass is 10.0. The number of ether oxygens (including phenoxy) is 3. The second-order valence-electron chi connectivity index (χ2n) is 6.67. The molecule has 0 aliphatic carbocycles. The van der Waals surface area contributed by atoms with Crippen molar-refractivity contribution in [1.29, 1.82) is 0 Å².